The van der Waals surface area contributed by atoms with Crippen LogP contribution in [0.15, 0.2) is 0 Å². The first-order valence-corrected chi connectivity index (χ1v) is 0.447. The third-order valence-electron chi connectivity index (χ3n) is 0. The van der Waals surface area contributed by atoms with Crippen molar-refractivity contribution in [1.82, 2.24) is 0 Å². The summed E-state index contributed by atoms with van der Waals surface area (Å²) < 4.78 is 0. The van der Waals surface area contributed by atoms with Crippen LogP contribution in [0.4, 0.5) is 0 Å². The zero-order valence-corrected chi connectivity index (χ0v) is 6.97. The summed E-state index contributed by atoms with van der Waals surface area (Å²) in [6, 6.07) is 0. The first-order valence-electron chi connectivity index (χ1n) is 0.447. The predicted octanol–water partition coefficient (Wildman–Crippen LogP) is 0.871. The average molecular weight is 192 g/mol. The molecule has 0 rings (SSSR count). The quantitative estimate of drug-likeness (QED) is 0.604. The summed E-state index contributed by atoms with van der Waals surface area (Å²) in [5.74, 6) is 0. The summed E-state index contributed by atoms with van der Waals surface area (Å²) in [7, 11) is 1.00. The van der Waals surface area contributed by atoms with Crippen molar-refractivity contribution in [1.29, 1.82) is 0 Å². The fourth-order valence-electron chi connectivity index (χ4n) is 0. The Labute approximate surface area is 68.0 Å². The molecule has 0 spiro atoms. The van der Waals surface area contributed by atoms with Crippen molar-refractivity contribution in [3.8, 4) is 0 Å². The Bertz CT molecular complexity index is 10.8. The Morgan fingerprint density at radius 1 is 0.833 bits per heavy atom. The number of rotatable bonds is 0. The molecule has 0 aromatic rings. The van der Waals surface area contributed by atoms with Crippen LogP contribution in [0, 0.1) is 0 Å². The largest absolute Gasteiger partial charge is 0.400 e. The van der Waals surface area contributed by atoms with Gasteiger partial charge in [-0.2, -0.15) is 0 Å². The minimum absolute atomic E-state index is 0. The van der Waals surface area contributed by atoms with Crippen LogP contribution in [0.3, 0.4) is 0 Å². The summed E-state index contributed by atoms with van der Waals surface area (Å²) in [5, 5.41) is 7.00. The van der Waals surface area contributed by atoms with Crippen LogP contribution in [0.25, 0.3) is 0 Å². The van der Waals surface area contributed by atoms with Crippen molar-refractivity contribution >= 4 is 37.2 Å². The molecule has 0 aliphatic heterocycles. The van der Waals surface area contributed by atoms with Crippen LogP contribution >= 0.6 is 37.2 Å². The van der Waals surface area contributed by atoms with Gasteiger partial charge >= 0.3 is 0 Å². The van der Waals surface area contributed by atoms with Crippen molar-refractivity contribution in [3.05, 3.63) is 0 Å². The standard InChI is InChI=1S/CH4O.3ClH.V/c1-2;;;;/h2H,1H3;3*1H;. The summed E-state index contributed by atoms with van der Waals surface area (Å²) in [5.41, 5.74) is 0. The molecule has 5 heteroatoms. The number of hydrogen-bond donors (Lipinski definition) is 1. The maximum atomic E-state index is 7.00. The van der Waals surface area contributed by atoms with Gasteiger partial charge in [-0.1, -0.05) is 0 Å². The second-order valence-corrected chi connectivity index (χ2v) is 0. The maximum absolute atomic E-state index is 7.00. The van der Waals surface area contributed by atoms with E-state index in [1.807, 2.05) is 0 Å². The smallest absolute Gasteiger partial charge is 0.0319 e. The maximum Gasteiger partial charge on any atom is 0.0319 e. The fraction of sp³-hybridized carbons (Fsp3) is 1.00. The molecule has 0 heterocycles. The molecular weight excluding hydrogens is 185 g/mol. The number of halogens is 3. The predicted molar refractivity (Wildman–Crippen MR) is 29.9 cm³/mol. The van der Waals surface area contributed by atoms with Gasteiger partial charge in [-0.15, -0.1) is 37.2 Å². The van der Waals surface area contributed by atoms with E-state index in [1.54, 1.807) is 0 Å². The van der Waals surface area contributed by atoms with Gasteiger partial charge in [0.05, 0.1) is 0 Å². The Hall–Kier alpha value is 1.41. The van der Waals surface area contributed by atoms with E-state index in [-0.39, 0.29) is 55.8 Å². The van der Waals surface area contributed by atoms with Gasteiger partial charge in [0.25, 0.3) is 0 Å². The van der Waals surface area contributed by atoms with E-state index < -0.39 is 0 Å². The first-order chi connectivity index (χ1) is 1.00. The van der Waals surface area contributed by atoms with Gasteiger partial charge in [0, 0.05) is 25.7 Å². The van der Waals surface area contributed by atoms with E-state index in [0.29, 0.717) is 0 Å². The van der Waals surface area contributed by atoms with E-state index in [4.69, 9.17) is 5.11 Å². The van der Waals surface area contributed by atoms with Crippen LogP contribution in [-0.2, 0) is 18.6 Å². The zero-order chi connectivity index (χ0) is 2.00. The molecule has 0 bridgehead atoms. The summed E-state index contributed by atoms with van der Waals surface area (Å²) >= 11 is 0. The molecular formula is CH7Cl3OV. The molecule has 0 atom stereocenters. The third-order valence-corrected chi connectivity index (χ3v) is 0. The van der Waals surface area contributed by atoms with Gasteiger partial charge in [-0.3, -0.25) is 0 Å². The van der Waals surface area contributed by atoms with Gasteiger partial charge in [0.2, 0.25) is 0 Å². The van der Waals surface area contributed by atoms with Crippen LogP contribution in [0.5, 0.6) is 0 Å². The minimum atomic E-state index is 0. The van der Waals surface area contributed by atoms with Crippen LogP contribution < -0.4 is 0 Å². The van der Waals surface area contributed by atoms with E-state index in [2.05, 4.69) is 0 Å². The average Bonchev–Trinajstić information content (AvgIpc) is 1.00. The molecule has 0 aromatic carbocycles. The third kappa shape index (κ3) is 52.7. The molecule has 0 amide bonds. The van der Waals surface area contributed by atoms with Gasteiger partial charge in [-0.05, 0) is 0 Å². The monoisotopic (exact) mass is 191 g/mol. The number of aliphatic hydroxyl groups excluding tert-OH is 1. The topological polar surface area (TPSA) is 20.2 Å². The summed E-state index contributed by atoms with van der Waals surface area (Å²) in [6.07, 6.45) is 0. The molecule has 43 valence electrons. The van der Waals surface area contributed by atoms with E-state index >= 15 is 0 Å². The molecule has 0 aliphatic carbocycles. The Morgan fingerprint density at radius 2 is 0.833 bits per heavy atom. The molecule has 0 fully saturated rings. The summed E-state index contributed by atoms with van der Waals surface area (Å²) in [6.45, 7) is 0. The second-order valence-electron chi connectivity index (χ2n) is 0. The molecule has 1 nitrogen and oxygen atoms in total. The molecule has 0 saturated heterocycles. The first kappa shape index (κ1) is 52.3. The van der Waals surface area contributed by atoms with Crippen molar-refractivity contribution in [3.63, 3.8) is 0 Å². The molecule has 0 aliphatic rings. The Morgan fingerprint density at radius 3 is 0.833 bits per heavy atom. The molecule has 0 saturated carbocycles. The zero-order valence-electron chi connectivity index (χ0n) is 3.12. The summed E-state index contributed by atoms with van der Waals surface area (Å²) in [4.78, 5) is 0. The normalized spacial score (nSPS) is 1.00. The van der Waals surface area contributed by atoms with Gasteiger partial charge in [0.1, 0.15) is 0 Å². The minimum Gasteiger partial charge on any atom is -0.400 e. The molecule has 0 aromatic heterocycles. The van der Waals surface area contributed by atoms with E-state index in [1.165, 1.54) is 0 Å². The van der Waals surface area contributed by atoms with E-state index in [9.17, 15) is 0 Å². The number of aliphatic hydroxyl groups is 1. The molecule has 1 radical (unpaired) electrons. The van der Waals surface area contributed by atoms with Crippen molar-refractivity contribution in [2.75, 3.05) is 7.11 Å². The Balaban J connectivity index is -0.000000000833. The Kier molecular flexibility index (Phi) is 820. The molecule has 1 N–H and O–H groups in total. The van der Waals surface area contributed by atoms with Crippen molar-refractivity contribution in [2.45, 2.75) is 0 Å². The molecule has 6 heavy (non-hydrogen) atoms. The van der Waals surface area contributed by atoms with Crippen LogP contribution in [0.1, 0.15) is 0 Å². The van der Waals surface area contributed by atoms with E-state index in [0.717, 1.165) is 7.11 Å². The van der Waals surface area contributed by atoms with Gasteiger partial charge < -0.3 is 5.11 Å². The number of hydrogen-bond acceptors (Lipinski definition) is 1. The molecule has 0 unspecified atom stereocenters. The van der Waals surface area contributed by atoms with Crippen LogP contribution in [0.2, 0.25) is 0 Å². The second kappa shape index (κ2) is 94.0. The van der Waals surface area contributed by atoms with Crippen molar-refractivity contribution < 1.29 is 23.7 Å². The van der Waals surface area contributed by atoms with Gasteiger partial charge in [-0.25, -0.2) is 0 Å². The van der Waals surface area contributed by atoms with Crippen LogP contribution in [-0.4, -0.2) is 12.2 Å². The SMILES string of the molecule is CO.Cl.Cl.Cl.[V]. The fourth-order valence-corrected chi connectivity index (χ4v) is 0. The van der Waals surface area contributed by atoms with Crippen molar-refractivity contribution in [2.24, 2.45) is 0 Å². The van der Waals surface area contributed by atoms with Gasteiger partial charge in [0.15, 0.2) is 0 Å².